The SMILES string of the molecule is C[C@H](OC(=O)C1CC1)C(=O)Nc1ccc(S(N)(=O)=O)cc1. The van der Waals surface area contributed by atoms with E-state index in [2.05, 4.69) is 5.32 Å². The van der Waals surface area contributed by atoms with Gasteiger partial charge in [-0.1, -0.05) is 0 Å². The summed E-state index contributed by atoms with van der Waals surface area (Å²) in [7, 11) is -3.76. The molecule has 1 aliphatic rings. The number of rotatable bonds is 5. The van der Waals surface area contributed by atoms with Gasteiger partial charge in [-0.3, -0.25) is 9.59 Å². The third-order valence-corrected chi connectivity index (χ3v) is 3.95. The van der Waals surface area contributed by atoms with Gasteiger partial charge in [0, 0.05) is 5.69 Å². The van der Waals surface area contributed by atoms with Crippen molar-refractivity contribution in [2.75, 3.05) is 5.32 Å². The standard InChI is InChI=1S/C13H16N2O5S/c1-8(20-13(17)9-2-3-9)12(16)15-10-4-6-11(7-5-10)21(14,18)19/h4-9H,2-3H2,1H3,(H,15,16)(H2,14,18,19)/t8-/m0/s1. The Morgan fingerprint density at radius 2 is 1.86 bits per heavy atom. The zero-order valence-corrected chi connectivity index (χ0v) is 12.2. The van der Waals surface area contributed by atoms with Crippen LogP contribution in [0.2, 0.25) is 0 Å². The van der Waals surface area contributed by atoms with Crippen molar-refractivity contribution in [3.63, 3.8) is 0 Å². The van der Waals surface area contributed by atoms with Crippen molar-refractivity contribution >= 4 is 27.6 Å². The highest BCUT2D eigenvalue weighted by Crippen LogP contribution is 2.30. The first-order chi connectivity index (χ1) is 9.77. The highest BCUT2D eigenvalue weighted by atomic mass is 32.2. The van der Waals surface area contributed by atoms with Crippen molar-refractivity contribution in [1.29, 1.82) is 0 Å². The summed E-state index contributed by atoms with van der Waals surface area (Å²) in [6, 6.07) is 5.39. The van der Waals surface area contributed by atoms with Crippen LogP contribution in [0.4, 0.5) is 5.69 Å². The van der Waals surface area contributed by atoms with Gasteiger partial charge in [0.05, 0.1) is 10.8 Å². The van der Waals surface area contributed by atoms with Gasteiger partial charge in [0.15, 0.2) is 6.10 Å². The average molecular weight is 312 g/mol. The van der Waals surface area contributed by atoms with Gasteiger partial charge in [-0.2, -0.15) is 0 Å². The number of nitrogens with two attached hydrogens (primary N) is 1. The topological polar surface area (TPSA) is 116 Å². The van der Waals surface area contributed by atoms with Gasteiger partial charge >= 0.3 is 5.97 Å². The molecule has 1 aliphatic carbocycles. The minimum Gasteiger partial charge on any atom is -0.452 e. The summed E-state index contributed by atoms with van der Waals surface area (Å²) >= 11 is 0. The molecular weight excluding hydrogens is 296 g/mol. The molecule has 0 heterocycles. The van der Waals surface area contributed by atoms with Crippen LogP contribution in [0.25, 0.3) is 0 Å². The van der Waals surface area contributed by atoms with E-state index in [0.717, 1.165) is 12.8 Å². The summed E-state index contributed by atoms with van der Waals surface area (Å²) in [5.74, 6) is -0.913. The molecule has 0 radical (unpaired) electrons. The van der Waals surface area contributed by atoms with Crippen LogP contribution in [-0.2, 0) is 24.3 Å². The number of hydrogen-bond donors (Lipinski definition) is 2. The quantitative estimate of drug-likeness (QED) is 0.773. The van der Waals surface area contributed by atoms with E-state index in [1.807, 2.05) is 0 Å². The number of benzene rings is 1. The molecule has 7 nitrogen and oxygen atoms in total. The predicted octanol–water partition coefficient (Wildman–Crippen LogP) is 0.614. The molecular formula is C13H16N2O5S. The van der Waals surface area contributed by atoms with Crippen molar-refractivity contribution in [3.05, 3.63) is 24.3 Å². The monoisotopic (exact) mass is 312 g/mol. The van der Waals surface area contributed by atoms with Crippen molar-refractivity contribution in [1.82, 2.24) is 0 Å². The van der Waals surface area contributed by atoms with Gasteiger partial charge in [0.25, 0.3) is 5.91 Å². The second-order valence-electron chi connectivity index (χ2n) is 4.91. The minimum atomic E-state index is -3.76. The molecule has 0 aromatic heterocycles. The molecule has 0 saturated heterocycles. The molecule has 0 bridgehead atoms. The van der Waals surface area contributed by atoms with E-state index in [0.29, 0.717) is 5.69 Å². The fourth-order valence-corrected chi connectivity index (χ4v) is 2.13. The van der Waals surface area contributed by atoms with Crippen LogP contribution in [-0.4, -0.2) is 26.4 Å². The van der Waals surface area contributed by atoms with Crippen molar-refractivity contribution in [3.8, 4) is 0 Å². The summed E-state index contributed by atoms with van der Waals surface area (Å²) in [6.45, 7) is 1.48. The number of amides is 1. The van der Waals surface area contributed by atoms with Crippen LogP contribution in [0.15, 0.2) is 29.2 Å². The summed E-state index contributed by atoms with van der Waals surface area (Å²) < 4.78 is 27.2. The molecule has 0 aliphatic heterocycles. The van der Waals surface area contributed by atoms with E-state index < -0.39 is 22.0 Å². The molecule has 2 rings (SSSR count). The first-order valence-corrected chi connectivity index (χ1v) is 7.96. The van der Waals surface area contributed by atoms with Crippen LogP contribution in [0.1, 0.15) is 19.8 Å². The first kappa shape index (κ1) is 15.5. The number of ether oxygens (including phenoxy) is 1. The number of nitrogens with one attached hydrogen (secondary N) is 1. The Balaban J connectivity index is 1.94. The lowest BCUT2D eigenvalue weighted by atomic mass is 10.3. The van der Waals surface area contributed by atoms with Gasteiger partial charge < -0.3 is 10.1 Å². The summed E-state index contributed by atoms with van der Waals surface area (Å²) in [6.07, 6.45) is 0.709. The Hall–Kier alpha value is -1.93. The third-order valence-electron chi connectivity index (χ3n) is 3.02. The first-order valence-electron chi connectivity index (χ1n) is 6.41. The molecule has 0 spiro atoms. The fraction of sp³-hybridized carbons (Fsp3) is 0.385. The number of carbonyl (C=O) groups excluding carboxylic acids is 2. The van der Waals surface area contributed by atoms with Crippen molar-refractivity contribution < 1.29 is 22.7 Å². The number of carbonyl (C=O) groups is 2. The molecule has 3 N–H and O–H groups in total. The maximum atomic E-state index is 11.8. The van der Waals surface area contributed by atoms with E-state index >= 15 is 0 Å². The second kappa shape index (κ2) is 5.82. The smallest absolute Gasteiger partial charge is 0.309 e. The van der Waals surface area contributed by atoms with Crippen LogP contribution < -0.4 is 10.5 Å². The maximum absolute atomic E-state index is 11.8. The van der Waals surface area contributed by atoms with Crippen molar-refractivity contribution in [2.45, 2.75) is 30.8 Å². The fourth-order valence-electron chi connectivity index (χ4n) is 1.61. The predicted molar refractivity (Wildman–Crippen MR) is 74.7 cm³/mol. The van der Waals surface area contributed by atoms with Crippen LogP contribution in [0.3, 0.4) is 0 Å². The average Bonchev–Trinajstić information content (AvgIpc) is 3.22. The van der Waals surface area contributed by atoms with Gasteiger partial charge in [-0.25, -0.2) is 13.6 Å². The zero-order valence-electron chi connectivity index (χ0n) is 11.4. The maximum Gasteiger partial charge on any atom is 0.309 e. The Kier molecular flexibility index (Phi) is 4.29. The molecule has 1 fully saturated rings. The third kappa shape index (κ3) is 4.27. The van der Waals surface area contributed by atoms with E-state index in [1.165, 1.54) is 31.2 Å². The van der Waals surface area contributed by atoms with E-state index in [1.54, 1.807) is 0 Å². The lowest BCUT2D eigenvalue weighted by Crippen LogP contribution is -2.30. The van der Waals surface area contributed by atoms with Crippen LogP contribution >= 0.6 is 0 Å². The molecule has 0 unspecified atom stereocenters. The molecule has 1 amide bonds. The lowest BCUT2D eigenvalue weighted by molar-refractivity contribution is -0.154. The highest BCUT2D eigenvalue weighted by Gasteiger charge is 2.33. The lowest BCUT2D eigenvalue weighted by Gasteiger charge is -2.13. The number of primary sulfonamides is 1. The van der Waals surface area contributed by atoms with E-state index in [9.17, 15) is 18.0 Å². The minimum absolute atomic E-state index is 0.0475. The summed E-state index contributed by atoms with van der Waals surface area (Å²) in [4.78, 5) is 23.2. The normalized spacial score (nSPS) is 16.1. The number of sulfonamides is 1. The van der Waals surface area contributed by atoms with Gasteiger partial charge in [0.2, 0.25) is 10.0 Å². The van der Waals surface area contributed by atoms with Crippen LogP contribution in [0, 0.1) is 5.92 Å². The zero-order chi connectivity index (χ0) is 15.6. The van der Waals surface area contributed by atoms with Gasteiger partial charge in [-0.05, 0) is 44.0 Å². The Morgan fingerprint density at radius 3 is 2.33 bits per heavy atom. The Labute approximate surface area is 122 Å². The molecule has 1 aromatic carbocycles. The molecule has 1 atom stereocenters. The van der Waals surface area contributed by atoms with Crippen molar-refractivity contribution in [2.24, 2.45) is 11.1 Å². The van der Waals surface area contributed by atoms with Crippen LogP contribution in [0.5, 0.6) is 0 Å². The van der Waals surface area contributed by atoms with E-state index in [-0.39, 0.29) is 16.8 Å². The number of esters is 1. The number of hydrogen-bond acceptors (Lipinski definition) is 5. The Morgan fingerprint density at radius 1 is 1.29 bits per heavy atom. The molecule has 1 saturated carbocycles. The second-order valence-corrected chi connectivity index (χ2v) is 6.47. The highest BCUT2D eigenvalue weighted by molar-refractivity contribution is 7.89. The summed E-state index contributed by atoms with van der Waals surface area (Å²) in [5, 5.41) is 7.51. The largest absolute Gasteiger partial charge is 0.452 e. The Bertz CT molecular complexity index is 650. The number of anilines is 1. The molecule has 21 heavy (non-hydrogen) atoms. The van der Waals surface area contributed by atoms with Gasteiger partial charge in [0.1, 0.15) is 0 Å². The van der Waals surface area contributed by atoms with E-state index in [4.69, 9.17) is 9.88 Å². The molecule has 1 aromatic rings. The summed E-state index contributed by atoms with van der Waals surface area (Å²) in [5.41, 5.74) is 0.390. The van der Waals surface area contributed by atoms with Gasteiger partial charge in [-0.15, -0.1) is 0 Å². The molecule has 114 valence electrons. The molecule has 8 heteroatoms.